The summed E-state index contributed by atoms with van der Waals surface area (Å²) in [6, 6.07) is 15.4. The Bertz CT molecular complexity index is 773. The minimum Gasteiger partial charge on any atom is -0.490 e. The number of rotatable bonds is 5. The van der Waals surface area contributed by atoms with E-state index >= 15 is 0 Å². The van der Waals surface area contributed by atoms with Crippen LogP contribution in [0.25, 0.3) is 10.9 Å². The van der Waals surface area contributed by atoms with Crippen LogP contribution in [0.3, 0.4) is 0 Å². The number of hydrogen-bond donors (Lipinski definition) is 0. The van der Waals surface area contributed by atoms with Crippen molar-refractivity contribution in [2.24, 2.45) is 0 Å². The van der Waals surface area contributed by atoms with Gasteiger partial charge in [-0.1, -0.05) is 35.9 Å². The van der Waals surface area contributed by atoms with E-state index in [0.717, 1.165) is 16.7 Å². The van der Waals surface area contributed by atoms with Gasteiger partial charge in [-0.2, -0.15) is 0 Å². The summed E-state index contributed by atoms with van der Waals surface area (Å²) in [5, 5.41) is 1.66. The highest BCUT2D eigenvalue weighted by Crippen LogP contribution is 2.24. The molecule has 0 spiro atoms. The molecule has 2 aromatic carbocycles. The van der Waals surface area contributed by atoms with E-state index in [9.17, 15) is 0 Å². The molecule has 0 radical (unpaired) electrons. The van der Waals surface area contributed by atoms with Gasteiger partial charge in [0.15, 0.2) is 0 Å². The van der Waals surface area contributed by atoms with Gasteiger partial charge in [-0.25, -0.2) is 9.97 Å². The number of nitrogens with zero attached hydrogens (tertiary/aromatic N) is 3. The second kappa shape index (κ2) is 6.62. The van der Waals surface area contributed by atoms with Crippen molar-refractivity contribution in [2.45, 2.75) is 0 Å². The molecule has 0 N–H and O–H groups in total. The van der Waals surface area contributed by atoms with Crippen LogP contribution in [0.1, 0.15) is 0 Å². The molecule has 0 aliphatic carbocycles. The third-order valence-electron chi connectivity index (χ3n) is 3.40. The monoisotopic (exact) mass is 313 g/mol. The lowest BCUT2D eigenvalue weighted by Gasteiger charge is -2.19. The van der Waals surface area contributed by atoms with Crippen LogP contribution in [0.4, 0.5) is 5.82 Å². The van der Waals surface area contributed by atoms with Crippen molar-refractivity contribution in [3.63, 3.8) is 0 Å². The molecular weight excluding hydrogens is 298 g/mol. The summed E-state index contributed by atoms with van der Waals surface area (Å²) >= 11 is 6.08. The first kappa shape index (κ1) is 14.6. The van der Waals surface area contributed by atoms with E-state index in [0.29, 0.717) is 23.9 Å². The number of para-hydroxylation sites is 2. The maximum Gasteiger partial charge on any atom is 0.139 e. The molecule has 0 unspecified atom stereocenters. The average molecular weight is 314 g/mol. The number of fused-ring (bicyclic) bond motifs is 1. The first-order chi connectivity index (χ1) is 10.8. The van der Waals surface area contributed by atoms with E-state index in [1.165, 1.54) is 0 Å². The Labute approximate surface area is 134 Å². The van der Waals surface area contributed by atoms with Crippen molar-refractivity contribution >= 4 is 28.3 Å². The number of benzene rings is 2. The molecule has 112 valence electrons. The molecule has 0 fully saturated rings. The maximum absolute atomic E-state index is 6.08. The molecule has 4 nitrogen and oxygen atoms in total. The fourth-order valence-corrected chi connectivity index (χ4v) is 2.45. The Morgan fingerprint density at radius 1 is 1.05 bits per heavy atom. The molecule has 5 heteroatoms. The number of hydrogen-bond acceptors (Lipinski definition) is 4. The van der Waals surface area contributed by atoms with E-state index in [2.05, 4.69) is 14.9 Å². The summed E-state index contributed by atoms with van der Waals surface area (Å²) in [4.78, 5) is 10.7. The summed E-state index contributed by atoms with van der Waals surface area (Å²) < 4.78 is 5.72. The highest BCUT2D eigenvalue weighted by Gasteiger charge is 2.08. The number of anilines is 1. The third-order valence-corrected chi connectivity index (χ3v) is 3.72. The fourth-order valence-electron chi connectivity index (χ4n) is 2.26. The minimum absolute atomic E-state index is 0.526. The van der Waals surface area contributed by atoms with Crippen LogP contribution in [0, 0.1) is 0 Å². The molecule has 0 amide bonds. The SMILES string of the molecule is CN(CCOc1ccccc1Cl)c1ncnc2ccccc12. The van der Waals surface area contributed by atoms with Crippen molar-refractivity contribution in [3.05, 3.63) is 59.9 Å². The Hall–Kier alpha value is -2.33. The molecule has 0 aliphatic rings. The van der Waals surface area contributed by atoms with Crippen molar-refractivity contribution in [2.75, 3.05) is 25.1 Å². The highest BCUT2D eigenvalue weighted by molar-refractivity contribution is 6.32. The molecule has 0 bridgehead atoms. The quantitative estimate of drug-likeness (QED) is 0.718. The topological polar surface area (TPSA) is 38.2 Å². The van der Waals surface area contributed by atoms with Gasteiger partial charge in [0, 0.05) is 12.4 Å². The van der Waals surface area contributed by atoms with Crippen LogP contribution in [-0.2, 0) is 0 Å². The lowest BCUT2D eigenvalue weighted by molar-refractivity contribution is 0.326. The number of ether oxygens (including phenoxy) is 1. The van der Waals surface area contributed by atoms with Crippen LogP contribution in [0.5, 0.6) is 5.75 Å². The van der Waals surface area contributed by atoms with Gasteiger partial charge in [-0.3, -0.25) is 0 Å². The number of halogens is 1. The minimum atomic E-state index is 0.526. The second-order valence-corrected chi connectivity index (χ2v) is 5.32. The lowest BCUT2D eigenvalue weighted by atomic mass is 10.2. The van der Waals surface area contributed by atoms with Gasteiger partial charge in [-0.05, 0) is 24.3 Å². The van der Waals surface area contributed by atoms with Crippen LogP contribution >= 0.6 is 11.6 Å². The zero-order valence-corrected chi connectivity index (χ0v) is 13.0. The first-order valence-electron chi connectivity index (χ1n) is 7.04. The van der Waals surface area contributed by atoms with Gasteiger partial charge in [-0.15, -0.1) is 0 Å². The standard InChI is InChI=1S/C17H16ClN3O/c1-21(10-11-22-16-9-5-3-7-14(16)18)17-13-6-2-4-8-15(13)19-12-20-17/h2-9,12H,10-11H2,1H3. The predicted octanol–water partition coefficient (Wildman–Crippen LogP) is 3.80. The van der Waals surface area contributed by atoms with Gasteiger partial charge in [0.1, 0.15) is 24.5 Å². The van der Waals surface area contributed by atoms with Gasteiger partial charge >= 0.3 is 0 Å². The zero-order valence-electron chi connectivity index (χ0n) is 12.2. The number of likely N-dealkylation sites (N-methyl/N-ethyl adjacent to an activating group) is 1. The van der Waals surface area contributed by atoms with Crippen LogP contribution in [0.15, 0.2) is 54.9 Å². The Morgan fingerprint density at radius 3 is 2.68 bits per heavy atom. The maximum atomic E-state index is 6.08. The number of aromatic nitrogens is 2. The fraction of sp³-hybridized carbons (Fsp3) is 0.176. The van der Waals surface area contributed by atoms with E-state index in [-0.39, 0.29) is 0 Å². The average Bonchev–Trinajstić information content (AvgIpc) is 2.56. The first-order valence-corrected chi connectivity index (χ1v) is 7.42. The molecule has 0 atom stereocenters. The summed E-state index contributed by atoms with van der Waals surface area (Å²) in [5.74, 6) is 1.60. The van der Waals surface area contributed by atoms with Gasteiger partial charge < -0.3 is 9.64 Å². The molecule has 0 aliphatic heterocycles. The molecular formula is C17H16ClN3O. The van der Waals surface area contributed by atoms with Crippen molar-refractivity contribution in [3.8, 4) is 5.75 Å². The molecule has 0 saturated carbocycles. The van der Waals surface area contributed by atoms with Crippen molar-refractivity contribution in [1.29, 1.82) is 0 Å². The van der Waals surface area contributed by atoms with Crippen molar-refractivity contribution < 1.29 is 4.74 Å². The third kappa shape index (κ3) is 3.12. The normalized spacial score (nSPS) is 10.6. The van der Waals surface area contributed by atoms with Crippen molar-refractivity contribution in [1.82, 2.24) is 9.97 Å². The largest absolute Gasteiger partial charge is 0.490 e. The predicted molar refractivity (Wildman–Crippen MR) is 89.8 cm³/mol. The van der Waals surface area contributed by atoms with Gasteiger partial charge in [0.25, 0.3) is 0 Å². The lowest BCUT2D eigenvalue weighted by Crippen LogP contribution is -2.25. The molecule has 3 rings (SSSR count). The summed E-state index contributed by atoms with van der Waals surface area (Å²) in [7, 11) is 1.99. The molecule has 22 heavy (non-hydrogen) atoms. The molecule has 1 heterocycles. The summed E-state index contributed by atoms with van der Waals surface area (Å²) in [6.45, 7) is 1.23. The van der Waals surface area contributed by atoms with Crippen LogP contribution in [-0.4, -0.2) is 30.2 Å². The van der Waals surface area contributed by atoms with Crippen LogP contribution < -0.4 is 9.64 Å². The second-order valence-electron chi connectivity index (χ2n) is 4.91. The summed E-state index contributed by atoms with van der Waals surface area (Å²) in [5.41, 5.74) is 0.936. The smallest absolute Gasteiger partial charge is 0.139 e. The molecule has 3 aromatic rings. The summed E-state index contributed by atoms with van der Waals surface area (Å²) in [6.07, 6.45) is 1.59. The highest BCUT2D eigenvalue weighted by atomic mass is 35.5. The Kier molecular flexibility index (Phi) is 4.39. The Morgan fingerprint density at radius 2 is 1.82 bits per heavy atom. The Balaban J connectivity index is 1.69. The van der Waals surface area contributed by atoms with Gasteiger partial charge in [0.05, 0.1) is 17.1 Å². The van der Waals surface area contributed by atoms with E-state index in [1.807, 2.05) is 55.6 Å². The van der Waals surface area contributed by atoms with E-state index in [4.69, 9.17) is 16.3 Å². The van der Waals surface area contributed by atoms with Crippen LogP contribution in [0.2, 0.25) is 5.02 Å². The molecule has 0 saturated heterocycles. The van der Waals surface area contributed by atoms with Gasteiger partial charge in [0.2, 0.25) is 0 Å². The van der Waals surface area contributed by atoms with E-state index in [1.54, 1.807) is 6.33 Å². The zero-order chi connectivity index (χ0) is 15.4. The van der Waals surface area contributed by atoms with E-state index < -0.39 is 0 Å². The molecule has 1 aromatic heterocycles.